The van der Waals surface area contributed by atoms with Gasteiger partial charge in [0.25, 0.3) is 0 Å². The molecule has 0 heterocycles. The molecule has 0 aliphatic heterocycles. The first-order valence-corrected chi connectivity index (χ1v) is 9.46. The lowest BCUT2D eigenvalue weighted by Gasteiger charge is -2.07. The van der Waals surface area contributed by atoms with E-state index in [9.17, 15) is 13.2 Å². The highest BCUT2D eigenvalue weighted by Gasteiger charge is 2.17. The van der Waals surface area contributed by atoms with Gasteiger partial charge in [0.2, 0.25) is 5.91 Å². The third-order valence-electron chi connectivity index (χ3n) is 3.51. The molecule has 1 amide bonds. The van der Waals surface area contributed by atoms with E-state index in [1.165, 1.54) is 5.56 Å². The van der Waals surface area contributed by atoms with Crippen LogP contribution in [0.5, 0.6) is 0 Å². The Labute approximate surface area is 142 Å². The molecule has 0 bridgehead atoms. The first kappa shape index (κ1) is 18.2. The third kappa shape index (κ3) is 5.47. The second-order valence-electron chi connectivity index (χ2n) is 5.67. The van der Waals surface area contributed by atoms with Crippen molar-refractivity contribution >= 4 is 15.7 Å². The average molecular weight is 347 g/mol. The molecular weight excluding hydrogens is 326 g/mol. The van der Waals surface area contributed by atoms with E-state index in [4.69, 9.17) is 5.11 Å². The summed E-state index contributed by atoms with van der Waals surface area (Å²) in [6, 6.07) is 15.4. The molecule has 0 aromatic heterocycles. The van der Waals surface area contributed by atoms with Crippen molar-refractivity contribution in [3.8, 4) is 11.1 Å². The minimum absolute atomic E-state index is 0.0552. The van der Waals surface area contributed by atoms with Crippen LogP contribution in [0.2, 0.25) is 0 Å². The van der Waals surface area contributed by atoms with Crippen molar-refractivity contribution in [2.24, 2.45) is 0 Å². The standard InChI is InChI=1S/C18H21NO4S/c1-14-2-6-16(7-3-14)17-8-4-15(5-9-17)12-24(22,23)13-18(21)19-10-11-20/h2-9,20H,10-13H2,1H3,(H,19,21). The first-order valence-electron chi connectivity index (χ1n) is 7.63. The van der Waals surface area contributed by atoms with Crippen LogP contribution < -0.4 is 5.32 Å². The summed E-state index contributed by atoms with van der Waals surface area (Å²) in [4.78, 5) is 11.5. The lowest BCUT2D eigenvalue weighted by atomic mass is 10.0. The number of carbonyl (C=O) groups excluding carboxylic acids is 1. The summed E-state index contributed by atoms with van der Waals surface area (Å²) in [5.41, 5.74) is 3.90. The van der Waals surface area contributed by atoms with Gasteiger partial charge in [0.15, 0.2) is 9.84 Å². The SMILES string of the molecule is Cc1ccc(-c2ccc(CS(=O)(=O)CC(=O)NCCO)cc2)cc1. The van der Waals surface area contributed by atoms with Crippen LogP contribution in [0.3, 0.4) is 0 Å². The lowest BCUT2D eigenvalue weighted by Crippen LogP contribution is -2.32. The molecule has 2 aromatic rings. The zero-order valence-corrected chi connectivity index (χ0v) is 14.3. The molecule has 5 nitrogen and oxygen atoms in total. The number of rotatable bonds is 7. The maximum Gasteiger partial charge on any atom is 0.235 e. The fourth-order valence-corrected chi connectivity index (χ4v) is 3.59. The molecule has 24 heavy (non-hydrogen) atoms. The molecule has 0 spiro atoms. The zero-order valence-electron chi connectivity index (χ0n) is 13.5. The lowest BCUT2D eigenvalue weighted by molar-refractivity contribution is -0.118. The monoisotopic (exact) mass is 347 g/mol. The topological polar surface area (TPSA) is 83.5 Å². The number of hydrogen-bond donors (Lipinski definition) is 2. The molecule has 2 aromatic carbocycles. The summed E-state index contributed by atoms with van der Waals surface area (Å²) in [5.74, 6) is -1.36. The van der Waals surface area contributed by atoms with Crippen molar-refractivity contribution in [2.45, 2.75) is 12.7 Å². The predicted molar refractivity (Wildman–Crippen MR) is 94.2 cm³/mol. The largest absolute Gasteiger partial charge is 0.395 e. The Kier molecular flexibility index (Phi) is 6.11. The Balaban J connectivity index is 2.02. The molecule has 0 radical (unpaired) electrons. The molecule has 0 unspecified atom stereocenters. The Morgan fingerprint density at radius 2 is 1.54 bits per heavy atom. The first-order chi connectivity index (χ1) is 11.4. The van der Waals surface area contributed by atoms with Gasteiger partial charge in [-0.2, -0.15) is 0 Å². The minimum atomic E-state index is -3.54. The molecular formula is C18H21NO4S. The number of aryl methyl sites for hydroxylation is 1. The highest BCUT2D eigenvalue weighted by Crippen LogP contribution is 2.21. The molecule has 2 rings (SSSR count). The van der Waals surface area contributed by atoms with Crippen LogP contribution in [0.1, 0.15) is 11.1 Å². The van der Waals surface area contributed by atoms with E-state index in [0.717, 1.165) is 11.1 Å². The maximum atomic E-state index is 12.0. The number of amides is 1. The van der Waals surface area contributed by atoms with Crippen LogP contribution >= 0.6 is 0 Å². The quantitative estimate of drug-likeness (QED) is 0.798. The number of hydrogen-bond acceptors (Lipinski definition) is 4. The van der Waals surface area contributed by atoms with Gasteiger partial charge in [-0.25, -0.2) is 8.42 Å². The molecule has 0 saturated heterocycles. The highest BCUT2D eigenvalue weighted by atomic mass is 32.2. The second kappa shape index (κ2) is 8.08. The van der Waals surface area contributed by atoms with Gasteiger partial charge in [0, 0.05) is 6.54 Å². The van der Waals surface area contributed by atoms with E-state index >= 15 is 0 Å². The van der Waals surface area contributed by atoms with Gasteiger partial charge in [0.05, 0.1) is 12.4 Å². The van der Waals surface area contributed by atoms with Crippen molar-refractivity contribution in [3.05, 3.63) is 59.7 Å². The van der Waals surface area contributed by atoms with E-state index in [2.05, 4.69) is 5.32 Å². The fraction of sp³-hybridized carbons (Fsp3) is 0.278. The highest BCUT2D eigenvalue weighted by molar-refractivity contribution is 7.91. The number of aliphatic hydroxyl groups is 1. The minimum Gasteiger partial charge on any atom is -0.395 e. The predicted octanol–water partition coefficient (Wildman–Crippen LogP) is 1.69. The molecule has 0 aliphatic carbocycles. The molecule has 0 saturated carbocycles. The summed E-state index contributed by atoms with van der Waals surface area (Å²) in [7, 11) is -3.54. The van der Waals surface area contributed by atoms with Gasteiger partial charge in [-0.1, -0.05) is 54.1 Å². The summed E-state index contributed by atoms with van der Waals surface area (Å²) < 4.78 is 24.1. The smallest absolute Gasteiger partial charge is 0.235 e. The number of sulfone groups is 1. The summed E-state index contributed by atoms with van der Waals surface area (Å²) >= 11 is 0. The van der Waals surface area contributed by atoms with Gasteiger partial charge in [-0.15, -0.1) is 0 Å². The fourth-order valence-electron chi connectivity index (χ4n) is 2.29. The maximum absolute atomic E-state index is 12.0. The molecule has 0 atom stereocenters. The summed E-state index contributed by atoms with van der Waals surface area (Å²) in [5, 5.41) is 11.0. The van der Waals surface area contributed by atoms with Crippen LogP contribution in [0.15, 0.2) is 48.5 Å². The van der Waals surface area contributed by atoms with E-state index in [1.54, 1.807) is 12.1 Å². The van der Waals surface area contributed by atoms with Crippen molar-refractivity contribution in [2.75, 3.05) is 18.9 Å². The van der Waals surface area contributed by atoms with Crippen molar-refractivity contribution < 1.29 is 18.3 Å². The zero-order chi connectivity index (χ0) is 17.6. The normalized spacial score (nSPS) is 11.2. The molecule has 6 heteroatoms. The van der Waals surface area contributed by atoms with Gasteiger partial charge in [-0.05, 0) is 23.6 Å². The average Bonchev–Trinajstić information content (AvgIpc) is 2.53. The molecule has 128 valence electrons. The summed E-state index contributed by atoms with van der Waals surface area (Å²) in [6.45, 7) is 1.86. The molecule has 2 N–H and O–H groups in total. The number of aliphatic hydroxyl groups excluding tert-OH is 1. The Bertz CT molecular complexity index is 781. The Morgan fingerprint density at radius 3 is 2.08 bits per heavy atom. The Hall–Kier alpha value is -2.18. The van der Waals surface area contributed by atoms with E-state index in [1.807, 2.05) is 43.3 Å². The Morgan fingerprint density at radius 1 is 1.00 bits per heavy atom. The van der Waals surface area contributed by atoms with E-state index in [0.29, 0.717) is 5.56 Å². The van der Waals surface area contributed by atoms with Crippen LogP contribution in [0.25, 0.3) is 11.1 Å². The van der Waals surface area contributed by atoms with Gasteiger partial charge in [-0.3, -0.25) is 4.79 Å². The van der Waals surface area contributed by atoms with Crippen molar-refractivity contribution in [3.63, 3.8) is 0 Å². The number of carbonyl (C=O) groups is 1. The second-order valence-corrected chi connectivity index (χ2v) is 7.73. The van der Waals surface area contributed by atoms with Crippen molar-refractivity contribution in [1.29, 1.82) is 0 Å². The van der Waals surface area contributed by atoms with Crippen LogP contribution in [-0.4, -0.2) is 38.3 Å². The van der Waals surface area contributed by atoms with Crippen LogP contribution in [-0.2, 0) is 20.4 Å². The van der Waals surface area contributed by atoms with Crippen molar-refractivity contribution in [1.82, 2.24) is 5.32 Å². The molecule has 0 fully saturated rings. The van der Waals surface area contributed by atoms with Gasteiger partial charge >= 0.3 is 0 Å². The number of benzene rings is 2. The van der Waals surface area contributed by atoms with Crippen LogP contribution in [0, 0.1) is 6.92 Å². The van der Waals surface area contributed by atoms with Gasteiger partial charge in [0.1, 0.15) is 5.75 Å². The molecule has 0 aliphatic rings. The van der Waals surface area contributed by atoms with Crippen LogP contribution in [0.4, 0.5) is 0 Å². The van der Waals surface area contributed by atoms with E-state index < -0.39 is 21.5 Å². The summed E-state index contributed by atoms with van der Waals surface area (Å²) in [6.07, 6.45) is 0. The third-order valence-corrected chi connectivity index (χ3v) is 4.99. The van der Waals surface area contributed by atoms with Gasteiger partial charge < -0.3 is 10.4 Å². The number of nitrogens with one attached hydrogen (secondary N) is 1. The van der Waals surface area contributed by atoms with E-state index in [-0.39, 0.29) is 18.9 Å².